The van der Waals surface area contributed by atoms with Gasteiger partial charge in [0.15, 0.2) is 0 Å². The van der Waals surface area contributed by atoms with Crippen LogP contribution in [0.3, 0.4) is 0 Å². The van der Waals surface area contributed by atoms with Crippen molar-refractivity contribution in [3.8, 4) is 0 Å². The lowest BCUT2D eigenvalue weighted by atomic mass is 9.93. The van der Waals surface area contributed by atoms with Gasteiger partial charge in [-0.05, 0) is 18.8 Å². The van der Waals surface area contributed by atoms with Gasteiger partial charge in [-0.25, -0.2) is 0 Å². The molecular weight excluding hydrogens is 236 g/mol. The summed E-state index contributed by atoms with van der Waals surface area (Å²) in [6.45, 7) is 1.08. The Labute approximate surface area is 106 Å². The van der Waals surface area contributed by atoms with Crippen molar-refractivity contribution in [2.75, 3.05) is 26.2 Å². The summed E-state index contributed by atoms with van der Waals surface area (Å²) < 4.78 is 0. The van der Waals surface area contributed by atoms with E-state index in [0.29, 0.717) is 19.5 Å². The molecule has 0 aromatic rings. The second kappa shape index (κ2) is 6.95. The van der Waals surface area contributed by atoms with Crippen molar-refractivity contribution in [2.45, 2.75) is 19.3 Å². The fourth-order valence-electron chi connectivity index (χ4n) is 2.03. The Morgan fingerprint density at radius 3 is 2.33 bits per heavy atom. The van der Waals surface area contributed by atoms with E-state index in [-0.39, 0.29) is 36.7 Å². The van der Waals surface area contributed by atoms with Crippen molar-refractivity contribution in [3.05, 3.63) is 0 Å². The molecule has 0 atom stereocenters. The van der Waals surface area contributed by atoms with E-state index in [4.69, 9.17) is 11.5 Å². The average molecular weight is 256 g/mol. The van der Waals surface area contributed by atoms with E-state index >= 15 is 0 Å². The van der Waals surface area contributed by atoms with Crippen molar-refractivity contribution in [1.29, 1.82) is 0 Å². The molecule has 0 bridgehead atoms. The van der Waals surface area contributed by atoms with Crippen LogP contribution in [0.4, 0.5) is 0 Å². The van der Waals surface area contributed by atoms with Crippen LogP contribution in [0, 0.1) is 5.92 Å². The number of nitrogens with one attached hydrogen (secondary N) is 1. The first-order valence-electron chi connectivity index (χ1n) is 6.05. The highest BCUT2D eigenvalue weighted by Crippen LogP contribution is 2.19. The molecule has 1 rings (SSSR count). The molecule has 5 N–H and O–H groups in total. The predicted molar refractivity (Wildman–Crippen MR) is 65.2 cm³/mol. The average Bonchev–Trinajstić information content (AvgIpc) is 2.35. The molecule has 3 amide bonds. The van der Waals surface area contributed by atoms with Gasteiger partial charge in [0, 0.05) is 19.5 Å². The Balaban J connectivity index is 2.27. The van der Waals surface area contributed by atoms with Crippen LogP contribution in [0.1, 0.15) is 19.3 Å². The number of rotatable bonds is 5. The zero-order chi connectivity index (χ0) is 13.5. The zero-order valence-electron chi connectivity index (χ0n) is 10.4. The molecule has 102 valence electrons. The lowest BCUT2D eigenvalue weighted by molar-refractivity contribution is -0.133. The van der Waals surface area contributed by atoms with Gasteiger partial charge in [0.1, 0.15) is 0 Å². The topological polar surface area (TPSA) is 119 Å². The molecule has 0 unspecified atom stereocenters. The number of carbonyl (C=O) groups excluding carboxylic acids is 3. The summed E-state index contributed by atoms with van der Waals surface area (Å²) in [6, 6.07) is 0. The molecule has 1 heterocycles. The van der Waals surface area contributed by atoms with Gasteiger partial charge in [-0.3, -0.25) is 14.4 Å². The van der Waals surface area contributed by atoms with Gasteiger partial charge in [0.05, 0.1) is 13.1 Å². The summed E-state index contributed by atoms with van der Waals surface area (Å²) in [6.07, 6.45) is 1.94. The molecule has 0 aromatic carbocycles. The highest BCUT2D eigenvalue weighted by molar-refractivity contribution is 5.85. The molecule has 0 radical (unpaired) electrons. The molecule has 0 spiro atoms. The summed E-state index contributed by atoms with van der Waals surface area (Å²) in [5, 5.41) is 2.44. The van der Waals surface area contributed by atoms with Crippen LogP contribution in [0.2, 0.25) is 0 Å². The molecule has 1 aliphatic rings. The Bertz CT molecular complexity index is 324. The molecule has 7 nitrogen and oxygen atoms in total. The molecule has 1 fully saturated rings. The summed E-state index contributed by atoms with van der Waals surface area (Å²) in [7, 11) is 0. The van der Waals surface area contributed by atoms with E-state index in [1.807, 2.05) is 0 Å². The van der Waals surface area contributed by atoms with Gasteiger partial charge >= 0.3 is 0 Å². The molecule has 1 saturated heterocycles. The van der Waals surface area contributed by atoms with Crippen LogP contribution in [0.5, 0.6) is 0 Å². The van der Waals surface area contributed by atoms with Crippen LogP contribution in [0.15, 0.2) is 0 Å². The van der Waals surface area contributed by atoms with E-state index in [2.05, 4.69) is 5.32 Å². The third kappa shape index (κ3) is 4.70. The number of hydrogen-bond acceptors (Lipinski definition) is 4. The maximum absolute atomic E-state index is 11.7. The third-order valence-electron chi connectivity index (χ3n) is 3.08. The van der Waals surface area contributed by atoms with Crippen molar-refractivity contribution in [2.24, 2.45) is 17.4 Å². The fraction of sp³-hybridized carbons (Fsp3) is 0.727. The van der Waals surface area contributed by atoms with Crippen LogP contribution in [-0.2, 0) is 14.4 Å². The fourth-order valence-corrected chi connectivity index (χ4v) is 2.03. The Morgan fingerprint density at radius 1 is 1.22 bits per heavy atom. The van der Waals surface area contributed by atoms with E-state index < -0.39 is 0 Å². The first-order valence-corrected chi connectivity index (χ1v) is 6.05. The van der Waals surface area contributed by atoms with Crippen LogP contribution >= 0.6 is 0 Å². The van der Waals surface area contributed by atoms with Gasteiger partial charge < -0.3 is 21.7 Å². The van der Waals surface area contributed by atoms with E-state index in [1.54, 1.807) is 4.90 Å². The largest absolute Gasteiger partial charge is 0.370 e. The zero-order valence-corrected chi connectivity index (χ0v) is 10.4. The Morgan fingerprint density at radius 2 is 1.83 bits per heavy atom. The number of hydrogen-bond donors (Lipinski definition) is 3. The quantitative estimate of drug-likeness (QED) is 0.536. The second-order valence-electron chi connectivity index (χ2n) is 4.48. The second-order valence-corrected chi connectivity index (χ2v) is 4.48. The number of amides is 3. The molecule has 0 saturated carbocycles. The highest BCUT2D eigenvalue weighted by atomic mass is 16.2. The number of nitrogens with zero attached hydrogens (tertiary/aromatic N) is 1. The molecule has 1 aliphatic heterocycles. The molecule has 0 aromatic heterocycles. The predicted octanol–water partition coefficient (Wildman–Crippen LogP) is -1.82. The van der Waals surface area contributed by atoms with Crippen molar-refractivity contribution in [3.63, 3.8) is 0 Å². The lowest BCUT2D eigenvalue weighted by Crippen LogP contribution is -2.45. The Kier molecular flexibility index (Phi) is 5.57. The number of piperidine rings is 1. The van der Waals surface area contributed by atoms with E-state index in [0.717, 1.165) is 12.8 Å². The third-order valence-corrected chi connectivity index (χ3v) is 3.08. The maximum Gasteiger partial charge on any atom is 0.241 e. The van der Waals surface area contributed by atoms with E-state index in [1.165, 1.54) is 0 Å². The minimum Gasteiger partial charge on any atom is -0.370 e. The van der Waals surface area contributed by atoms with E-state index in [9.17, 15) is 14.4 Å². The minimum atomic E-state index is -0.341. The van der Waals surface area contributed by atoms with Gasteiger partial charge in [0.2, 0.25) is 17.7 Å². The standard InChI is InChI=1S/C11H20N4O3/c12-6-10(17)14-7-11(18)15-3-1-8(2-4-15)5-9(13)16/h8H,1-7,12H2,(H2,13,16)(H,14,17). The molecule has 7 heteroatoms. The summed E-state index contributed by atoms with van der Waals surface area (Å²) in [5.41, 5.74) is 10.3. The number of nitrogens with two attached hydrogens (primary N) is 2. The molecular formula is C11H20N4O3. The van der Waals surface area contributed by atoms with Gasteiger partial charge in [-0.1, -0.05) is 0 Å². The normalized spacial score (nSPS) is 16.4. The molecule has 0 aliphatic carbocycles. The monoisotopic (exact) mass is 256 g/mol. The SMILES string of the molecule is NCC(=O)NCC(=O)N1CCC(CC(N)=O)CC1. The van der Waals surface area contributed by atoms with Crippen molar-refractivity contribution < 1.29 is 14.4 Å². The smallest absolute Gasteiger partial charge is 0.241 e. The van der Waals surface area contributed by atoms with Gasteiger partial charge in [-0.2, -0.15) is 0 Å². The number of primary amides is 1. The molecule has 18 heavy (non-hydrogen) atoms. The van der Waals surface area contributed by atoms with Gasteiger partial charge in [-0.15, -0.1) is 0 Å². The first kappa shape index (κ1) is 14.4. The minimum absolute atomic E-state index is 0.0173. The summed E-state index contributed by atoms with van der Waals surface area (Å²) >= 11 is 0. The summed E-state index contributed by atoms with van der Waals surface area (Å²) in [5.74, 6) is -0.485. The Hall–Kier alpha value is -1.63. The number of carbonyl (C=O) groups is 3. The summed E-state index contributed by atoms with van der Waals surface area (Å²) in [4.78, 5) is 35.1. The van der Waals surface area contributed by atoms with Crippen molar-refractivity contribution in [1.82, 2.24) is 10.2 Å². The lowest BCUT2D eigenvalue weighted by Gasteiger charge is -2.31. The first-order chi connectivity index (χ1) is 8.52. The van der Waals surface area contributed by atoms with Crippen molar-refractivity contribution >= 4 is 17.7 Å². The van der Waals surface area contributed by atoms with Crippen LogP contribution in [-0.4, -0.2) is 48.8 Å². The van der Waals surface area contributed by atoms with Crippen LogP contribution < -0.4 is 16.8 Å². The van der Waals surface area contributed by atoms with Crippen LogP contribution in [0.25, 0.3) is 0 Å². The number of likely N-dealkylation sites (tertiary alicyclic amines) is 1. The maximum atomic E-state index is 11.7. The van der Waals surface area contributed by atoms with Gasteiger partial charge in [0.25, 0.3) is 0 Å². The highest BCUT2D eigenvalue weighted by Gasteiger charge is 2.23.